The zero-order chi connectivity index (χ0) is 10.8. The molecule has 2 rings (SSSR count). The highest BCUT2D eigenvalue weighted by atomic mass is 19.1. The van der Waals surface area contributed by atoms with Gasteiger partial charge in [0.15, 0.2) is 0 Å². The van der Waals surface area contributed by atoms with Gasteiger partial charge in [-0.25, -0.2) is 4.39 Å². The largest absolute Gasteiger partial charge is 0.324 e. The van der Waals surface area contributed by atoms with Crippen molar-refractivity contribution in [3.8, 4) is 0 Å². The summed E-state index contributed by atoms with van der Waals surface area (Å²) in [6, 6.07) is 5.19. The molecule has 1 aliphatic carbocycles. The Bertz CT molecular complexity index is 344. The Morgan fingerprint density at radius 1 is 1.47 bits per heavy atom. The van der Waals surface area contributed by atoms with Crippen molar-refractivity contribution in [1.82, 2.24) is 0 Å². The summed E-state index contributed by atoms with van der Waals surface area (Å²) in [7, 11) is 0. The van der Waals surface area contributed by atoms with Crippen LogP contribution in [-0.2, 0) is 0 Å². The second-order valence-electron chi connectivity index (χ2n) is 4.66. The number of hydrogen-bond acceptors (Lipinski definition) is 1. The first-order chi connectivity index (χ1) is 7.16. The number of aryl methyl sites for hydroxylation is 1. The SMILES string of the molecule is Cc1ccc(C(N)CC2CCC2)c(F)c1. The molecule has 0 saturated heterocycles. The van der Waals surface area contributed by atoms with Crippen LogP contribution in [0.25, 0.3) is 0 Å². The minimum atomic E-state index is -0.151. The molecule has 1 nitrogen and oxygen atoms in total. The summed E-state index contributed by atoms with van der Waals surface area (Å²) in [6.07, 6.45) is 4.77. The van der Waals surface area contributed by atoms with E-state index in [1.165, 1.54) is 19.3 Å². The maximum Gasteiger partial charge on any atom is 0.128 e. The summed E-state index contributed by atoms with van der Waals surface area (Å²) in [6.45, 7) is 1.89. The van der Waals surface area contributed by atoms with E-state index in [0.717, 1.165) is 17.9 Å². The van der Waals surface area contributed by atoms with Crippen molar-refractivity contribution in [3.05, 3.63) is 35.1 Å². The molecular weight excluding hydrogens is 189 g/mol. The lowest BCUT2D eigenvalue weighted by atomic mass is 9.80. The quantitative estimate of drug-likeness (QED) is 0.808. The predicted octanol–water partition coefficient (Wildman–Crippen LogP) is 3.32. The van der Waals surface area contributed by atoms with Crippen LogP contribution in [-0.4, -0.2) is 0 Å². The van der Waals surface area contributed by atoms with Gasteiger partial charge in [-0.1, -0.05) is 31.4 Å². The third-order valence-corrected chi connectivity index (χ3v) is 3.37. The molecular formula is C13H18FN. The summed E-state index contributed by atoms with van der Waals surface area (Å²) in [5.74, 6) is 0.572. The fraction of sp³-hybridized carbons (Fsp3) is 0.538. The summed E-state index contributed by atoms with van der Waals surface area (Å²) in [4.78, 5) is 0. The van der Waals surface area contributed by atoms with Crippen molar-refractivity contribution in [3.63, 3.8) is 0 Å². The molecule has 82 valence electrons. The molecule has 0 heterocycles. The van der Waals surface area contributed by atoms with Crippen LogP contribution >= 0.6 is 0 Å². The van der Waals surface area contributed by atoms with Gasteiger partial charge in [0.05, 0.1) is 0 Å². The molecule has 1 atom stereocenters. The molecule has 1 fully saturated rings. The van der Waals surface area contributed by atoms with Crippen LogP contribution in [0, 0.1) is 18.7 Å². The Balaban J connectivity index is 2.06. The van der Waals surface area contributed by atoms with Crippen LogP contribution in [0.1, 0.15) is 42.9 Å². The third-order valence-electron chi connectivity index (χ3n) is 3.37. The molecule has 15 heavy (non-hydrogen) atoms. The van der Waals surface area contributed by atoms with Crippen molar-refractivity contribution in [2.75, 3.05) is 0 Å². The number of halogens is 1. The first-order valence-corrected chi connectivity index (χ1v) is 5.68. The molecule has 0 spiro atoms. The molecule has 0 radical (unpaired) electrons. The number of hydrogen-bond donors (Lipinski definition) is 1. The molecule has 1 aromatic carbocycles. The maximum atomic E-state index is 13.6. The molecule has 2 N–H and O–H groups in total. The van der Waals surface area contributed by atoms with Gasteiger partial charge in [0.1, 0.15) is 5.82 Å². The van der Waals surface area contributed by atoms with E-state index in [1.807, 2.05) is 19.1 Å². The van der Waals surface area contributed by atoms with E-state index in [0.29, 0.717) is 5.56 Å². The van der Waals surface area contributed by atoms with E-state index in [-0.39, 0.29) is 11.9 Å². The zero-order valence-electron chi connectivity index (χ0n) is 9.17. The molecule has 1 unspecified atom stereocenters. The second-order valence-corrected chi connectivity index (χ2v) is 4.66. The maximum absolute atomic E-state index is 13.6. The lowest BCUT2D eigenvalue weighted by molar-refractivity contribution is 0.275. The highest BCUT2D eigenvalue weighted by Crippen LogP contribution is 2.34. The minimum absolute atomic E-state index is 0.129. The lowest BCUT2D eigenvalue weighted by Crippen LogP contribution is -2.20. The first-order valence-electron chi connectivity index (χ1n) is 5.68. The molecule has 0 aliphatic heterocycles. The molecule has 1 aliphatic rings. The molecule has 1 saturated carbocycles. The normalized spacial score (nSPS) is 18.6. The average molecular weight is 207 g/mol. The Morgan fingerprint density at radius 2 is 2.20 bits per heavy atom. The van der Waals surface area contributed by atoms with Gasteiger partial charge in [-0.15, -0.1) is 0 Å². The van der Waals surface area contributed by atoms with Crippen LogP contribution in [0.2, 0.25) is 0 Å². The van der Waals surface area contributed by atoms with Crippen molar-refractivity contribution in [2.24, 2.45) is 11.7 Å². The Kier molecular flexibility index (Phi) is 3.06. The Morgan fingerprint density at radius 3 is 2.73 bits per heavy atom. The number of nitrogens with two attached hydrogens (primary N) is 1. The fourth-order valence-electron chi connectivity index (χ4n) is 2.15. The van der Waals surface area contributed by atoms with Gasteiger partial charge >= 0.3 is 0 Å². The fourth-order valence-corrected chi connectivity index (χ4v) is 2.15. The lowest BCUT2D eigenvalue weighted by Gasteiger charge is -2.28. The number of rotatable bonds is 3. The van der Waals surface area contributed by atoms with E-state index in [4.69, 9.17) is 5.73 Å². The standard InChI is InChI=1S/C13H18FN/c1-9-5-6-11(12(14)7-9)13(15)8-10-3-2-4-10/h5-7,10,13H,2-4,8,15H2,1H3. The first kappa shape index (κ1) is 10.6. The van der Waals surface area contributed by atoms with Crippen LogP contribution in [0.4, 0.5) is 4.39 Å². The number of benzene rings is 1. The zero-order valence-corrected chi connectivity index (χ0v) is 9.17. The summed E-state index contributed by atoms with van der Waals surface area (Å²) < 4.78 is 13.6. The van der Waals surface area contributed by atoms with Gasteiger partial charge in [-0.05, 0) is 30.9 Å². The monoisotopic (exact) mass is 207 g/mol. The van der Waals surface area contributed by atoms with Crippen molar-refractivity contribution in [1.29, 1.82) is 0 Å². The van der Waals surface area contributed by atoms with Crippen LogP contribution in [0.5, 0.6) is 0 Å². The van der Waals surface area contributed by atoms with E-state index in [1.54, 1.807) is 6.07 Å². The third kappa shape index (κ3) is 2.37. The Hall–Kier alpha value is -0.890. The highest BCUT2D eigenvalue weighted by molar-refractivity contribution is 5.25. The molecule has 0 amide bonds. The van der Waals surface area contributed by atoms with Crippen molar-refractivity contribution < 1.29 is 4.39 Å². The second kappa shape index (κ2) is 4.31. The molecule has 0 bridgehead atoms. The van der Waals surface area contributed by atoms with Gasteiger partial charge in [0.25, 0.3) is 0 Å². The van der Waals surface area contributed by atoms with E-state index < -0.39 is 0 Å². The topological polar surface area (TPSA) is 26.0 Å². The van der Waals surface area contributed by atoms with Gasteiger partial charge < -0.3 is 5.73 Å². The summed E-state index contributed by atoms with van der Waals surface area (Å²) in [5.41, 5.74) is 7.64. The molecule has 0 aromatic heterocycles. The highest BCUT2D eigenvalue weighted by Gasteiger charge is 2.22. The van der Waals surface area contributed by atoms with Crippen molar-refractivity contribution in [2.45, 2.75) is 38.6 Å². The van der Waals surface area contributed by atoms with Gasteiger partial charge in [0.2, 0.25) is 0 Å². The molecule has 2 heteroatoms. The van der Waals surface area contributed by atoms with E-state index in [9.17, 15) is 4.39 Å². The molecule has 1 aromatic rings. The van der Waals surface area contributed by atoms with Gasteiger partial charge in [-0.3, -0.25) is 0 Å². The van der Waals surface area contributed by atoms with E-state index >= 15 is 0 Å². The van der Waals surface area contributed by atoms with Crippen LogP contribution in [0.15, 0.2) is 18.2 Å². The van der Waals surface area contributed by atoms with Crippen LogP contribution < -0.4 is 5.73 Å². The predicted molar refractivity (Wildman–Crippen MR) is 60.0 cm³/mol. The Labute approximate surface area is 90.5 Å². The van der Waals surface area contributed by atoms with Crippen LogP contribution in [0.3, 0.4) is 0 Å². The van der Waals surface area contributed by atoms with Gasteiger partial charge in [-0.2, -0.15) is 0 Å². The smallest absolute Gasteiger partial charge is 0.128 e. The summed E-state index contributed by atoms with van der Waals surface area (Å²) in [5, 5.41) is 0. The average Bonchev–Trinajstić information content (AvgIpc) is 2.11. The minimum Gasteiger partial charge on any atom is -0.324 e. The summed E-state index contributed by atoms with van der Waals surface area (Å²) >= 11 is 0. The van der Waals surface area contributed by atoms with Crippen molar-refractivity contribution >= 4 is 0 Å². The van der Waals surface area contributed by atoms with Gasteiger partial charge in [0, 0.05) is 11.6 Å². The van der Waals surface area contributed by atoms with E-state index in [2.05, 4.69) is 0 Å².